The summed E-state index contributed by atoms with van der Waals surface area (Å²) in [6, 6.07) is -0.0808. The van der Waals surface area contributed by atoms with Gasteiger partial charge in [0.05, 0.1) is 11.7 Å². The number of aromatic nitrogens is 1. The first-order valence-electron chi connectivity index (χ1n) is 7.79. The molecule has 1 fully saturated rings. The third-order valence-electron chi connectivity index (χ3n) is 3.94. The Morgan fingerprint density at radius 2 is 2.18 bits per heavy atom. The summed E-state index contributed by atoms with van der Waals surface area (Å²) in [5, 5.41) is 6.15. The molecule has 1 aromatic rings. The van der Waals surface area contributed by atoms with Gasteiger partial charge in [-0.15, -0.1) is 11.3 Å². The Bertz CT molecular complexity index is 472. The third kappa shape index (κ3) is 4.66. The van der Waals surface area contributed by atoms with Crippen LogP contribution in [0, 0.1) is 6.92 Å². The van der Waals surface area contributed by atoms with Crippen LogP contribution in [0.4, 0.5) is 5.13 Å². The van der Waals surface area contributed by atoms with Gasteiger partial charge < -0.3 is 15.0 Å². The molecule has 1 atom stereocenters. The summed E-state index contributed by atoms with van der Waals surface area (Å²) in [5.74, 6) is 0.106. The number of aryl methyl sites for hydroxylation is 1. The summed E-state index contributed by atoms with van der Waals surface area (Å²) in [7, 11) is 1.67. The Balaban J connectivity index is 1.74. The summed E-state index contributed by atoms with van der Waals surface area (Å²) in [6.45, 7) is 9.00. The lowest BCUT2D eigenvalue weighted by Gasteiger charge is -2.37. The molecule has 1 N–H and O–H groups in total. The molecule has 0 aromatic carbocycles. The number of hydrogen-bond donors (Lipinski definition) is 1. The summed E-state index contributed by atoms with van der Waals surface area (Å²) in [6.07, 6.45) is 0.853. The maximum atomic E-state index is 12.1. The van der Waals surface area contributed by atoms with Crippen molar-refractivity contribution in [3.8, 4) is 0 Å². The average molecular weight is 326 g/mol. The van der Waals surface area contributed by atoms with Crippen LogP contribution in [-0.4, -0.2) is 68.3 Å². The van der Waals surface area contributed by atoms with Crippen LogP contribution in [0.3, 0.4) is 0 Å². The molecule has 1 saturated heterocycles. The second-order valence-corrected chi connectivity index (χ2v) is 6.44. The van der Waals surface area contributed by atoms with Crippen LogP contribution in [0.15, 0.2) is 5.38 Å². The van der Waals surface area contributed by atoms with Gasteiger partial charge in [0.25, 0.3) is 0 Å². The van der Waals surface area contributed by atoms with E-state index in [2.05, 4.69) is 25.5 Å². The van der Waals surface area contributed by atoms with Crippen molar-refractivity contribution in [1.82, 2.24) is 15.2 Å². The van der Waals surface area contributed by atoms with Gasteiger partial charge in [0, 0.05) is 51.8 Å². The zero-order valence-electron chi connectivity index (χ0n) is 13.7. The zero-order valence-corrected chi connectivity index (χ0v) is 14.5. The van der Waals surface area contributed by atoms with Crippen LogP contribution in [0.1, 0.15) is 19.0 Å². The van der Waals surface area contributed by atoms with Crippen molar-refractivity contribution in [3.05, 3.63) is 11.1 Å². The number of carbonyl (C=O) groups excluding carboxylic acids is 1. The monoisotopic (exact) mass is 326 g/mol. The lowest BCUT2D eigenvalue weighted by molar-refractivity contribution is -0.126. The van der Waals surface area contributed by atoms with E-state index in [1.807, 2.05) is 13.8 Å². The van der Waals surface area contributed by atoms with Gasteiger partial charge in [0.1, 0.15) is 0 Å². The van der Waals surface area contributed by atoms with Gasteiger partial charge >= 0.3 is 0 Å². The molecule has 0 unspecified atom stereocenters. The second-order valence-electron chi connectivity index (χ2n) is 5.61. The summed E-state index contributed by atoms with van der Waals surface area (Å²) >= 11 is 1.69. The molecule has 2 rings (SSSR count). The molecular formula is C15H26N4O2S. The minimum Gasteiger partial charge on any atom is -0.385 e. The lowest BCUT2D eigenvalue weighted by atomic mass is 10.2. The van der Waals surface area contributed by atoms with Crippen molar-refractivity contribution in [2.75, 3.05) is 51.3 Å². The maximum Gasteiger partial charge on any atom is 0.237 e. The first-order valence-corrected chi connectivity index (χ1v) is 8.67. The van der Waals surface area contributed by atoms with Gasteiger partial charge in [-0.25, -0.2) is 4.98 Å². The second kappa shape index (κ2) is 8.45. The van der Waals surface area contributed by atoms with Gasteiger partial charge in [-0.2, -0.15) is 0 Å². The Kier molecular flexibility index (Phi) is 6.60. The highest BCUT2D eigenvalue weighted by molar-refractivity contribution is 7.13. The Morgan fingerprint density at radius 1 is 1.45 bits per heavy atom. The first kappa shape index (κ1) is 17.2. The van der Waals surface area contributed by atoms with E-state index in [1.165, 1.54) is 0 Å². The number of amides is 1. The smallest absolute Gasteiger partial charge is 0.237 e. The first-order chi connectivity index (χ1) is 10.6. The van der Waals surface area contributed by atoms with Crippen LogP contribution in [-0.2, 0) is 9.53 Å². The normalized spacial score (nSPS) is 17.5. The highest BCUT2D eigenvalue weighted by atomic mass is 32.1. The molecule has 22 heavy (non-hydrogen) atoms. The van der Waals surface area contributed by atoms with Crippen molar-refractivity contribution in [2.24, 2.45) is 0 Å². The number of nitrogens with one attached hydrogen (secondary N) is 1. The molecule has 0 spiro atoms. The van der Waals surface area contributed by atoms with E-state index in [9.17, 15) is 4.79 Å². The molecule has 124 valence electrons. The molecule has 0 saturated carbocycles. The van der Waals surface area contributed by atoms with E-state index in [0.29, 0.717) is 13.2 Å². The average Bonchev–Trinajstić information content (AvgIpc) is 2.97. The van der Waals surface area contributed by atoms with Crippen molar-refractivity contribution >= 4 is 22.4 Å². The number of carbonyl (C=O) groups is 1. The van der Waals surface area contributed by atoms with Crippen LogP contribution in [0.5, 0.6) is 0 Å². The van der Waals surface area contributed by atoms with Gasteiger partial charge in [-0.3, -0.25) is 9.69 Å². The van der Waals surface area contributed by atoms with E-state index in [4.69, 9.17) is 4.74 Å². The predicted molar refractivity (Wildman–Crippen MR) is 89.6 cm³/mol. The van der Waals surface area contributed by atoms with E-state index < -0.39 is 0 Å². The number of anilines is 1. The molecule has 0 bridgehead atoms. The van der Waals surface area contributed by atoms with Crippen LogP contribution in [0.25, 0.3) is 0 Å². The molecule has 2 heterocycles. The fraction of sp³-hybridized carbons (Fsp3) is 0.733. The fourth-order valence-corrected chi connectivity index (χ4v) is 3.39. The number of methoxy groups -OCH3 is 1. The highest BCUT2D eigenvalue weighted by Crippen LogP contribution is 2.21. The highest BCUT2D eigenvalue weighted by Gasteiger charge is 2.26. The number of ether oxygens (including phenoxy) is 1. The summed E-state index contributed by atoms with van der Waals surface area (Å²) < 4.78 is 4.98. The molecule has 1 aromatic heterocycles. The van der Waals surface area contributed by atoms with Gasteiger partial charge in [-0.05, 0) is 20.3 Å². The summed E-state index contributed by atoms with van der Waals surface area (Å²) in [5.41, 5.74) is 1.08. The largest absolute Gasteiger partial charge is 0.385 e. The van der Waals surface area contributed by atoms with Crippen molar-refractivity contribution in [1.29, 1.82) is 0 Å². The summed E-state index contributed by atoms with van der Waals surface area (Å²) in [4.78, 5) is 21.2. The van der Waals surface area contributed by atoms with Gasteiger partial charge in [0.2, 0.25) is 5.91 Å². The fourth-order valence-electron chi connectivity index (χ4n) is 2.53. The van der Waals surface area contributed by atoms with E-state index in [0.717, 1.165) is 43.4 Å². The molecule has 1 amide bonds. The molecule has 0 radical (unpaired) electrons. The van der Waals surface area contributed by atoms with Crippen molar-refractivity contribution < 1.29 is 9.53 Å². The Morgan fingerprint density at radius 3 is 2.77 bits per heavy atom. The minimum absolute atomic E-state index is 0.0808. The molecular weight excluding hydrogens is 300 g/mol. The Hall–Kier alpha value is -1.18. The van der Waals surface area contributed by atoms with Crippen molar-refractivity contribution in [3.63, 3.8) is 0 Å². The van der Waals surface area contributed by atoms with Crippen LogP contribution >= 0.6 is 11.3 Å². The quantitative estimate of drug-likeness (QED) is 0.761. The topological polar surface area (TPSA) is 57.7 Å². The zero-order chi connectivity index (χ0) is 15.9. The maximum absolute atomic E-state index is 12.1. The molecule has 1 aliphatic heterocycles. The van der Waals surface area contributed by atoms with E-state index in [-0.39, 0.29) is 11.9 Å². The van der Waals surface area contributed by atoms with E-state index >= 15 is 0 Å². The molecule has 1 aliphatic rings. The van der Waals surface area contributed by atoms with E-state index in [1.54, 1.807) is 18.4 Å². The van der Waals surface area contributed by atoms with Gasteiger partial charge in [-0.1, -0.05) is 0 Å². The molecule has 6 nitrogen and oxygen atoms in total. The van der Waals surface area contributed by atoms with Crippen LogP contribution in [0.2, 0.25) is 0 Å². The van der Waals surface area contributed by atoms with Gasteiger partial charge in [0.15, 0.2) is 5.13 Å². The SMILES string of the molecule is COCCCNC(=O)[C@H](C)N1CCN(c2nc(C)cs2)CC1. The number of piperazine rings is 1. The van der Waals surface area contributed by atoms with Crippen molar-refractivity contribution in [2.45, 2.75) is 26.3 Å². The Labute approximate surface area is 136 Å². The third-order valence-corrected chi connectivity index (χ3v) is 4.96. The predicted octanol–water partition coefficient (Wildman–Crippen LogP) is 1.11. The number of thiazole rings is 1. The minimum atomic E-state index is -0.0808. The number of rotatable bonds is 7. The molecule has 7 heteroatoms. The number of nitrogens with zero attached hydrogens (tertiary/aromatic N) is 3. The standard InChI is InChI=1S/C15H26N4O2S/c1-12-11-22-15(17-12)19-8-6-18(7-9-19)13(2)14(20)16-5-4-10-21-3/h11,13H,4-10H2,1-3H3,(H,16,20)/t13-/m0/s1. The molecule has 0 aliphatic carbocycles. The van der Waals surface area contributed by atoms with Crippen LogP contribution < -0.4 is 10.2 Å². The lowest BCUT2D eigenvalue weighted by Crippen LogP contribution is -2.54. The number of hydrogen-bond acceptors (Lipinski definition) is 6.